The average Bonchev–Trinajstić information content (AvgIpc) is 1.87. The summed E-state index contributed by atoms with van der Waals surface area (Å²) in [5, 5.41) is 0. The van der Waals surface area contributed by atoms with Crippen molar-refractivity contribution in [2.45, 2.75) is 33.1 Å². The standard InChI is InChI=1S/C9H14O2/c1-3-5-9(11)7-4-6-8(2)10/h4,7H,3,5-6H2,1-2H3. The highest BCUT2D eigenvalue weighted by Crippen LogP contribution is 1.92. The fourth-order valence-corrected chi connectivity index (χ4v) is 0.686. The van der Waals surface area contributed by atoms with Crippen LogP contribution in [0, 0.1) is 0 Å². The zero-order chi connectivity index (χ0) is 8.69. The van der Waals surface area contributed by atoms with E-state index in [1.807, 2.05) is 6.92 Å². The quantitative estimate of drug-likeness (QED) is 0.567. The van der Waals surface area contributed by atoms with Crippen molar-refractivity contribution in [1.82, 2.24) is 0 Å². The zero-order valence-corrected chi connectivity index (χ0v) is 7.09. The highest BCUT2D eigenvalue weighted by molar-refractivity contribution is 5.90. The molecule has 0 rings (SSSR count). The number of hydrogen-bond acceptors (Lipinski definition) is 2. The van der Waals surface area contributed by atoms with E-state index in [9.17, 15) is 9.59 Å². The Morgan fingerprint density at radius 1 is 1.36 bits per heavy atom. The van der Waals surface area contributed by atoms with E-state index in [2.05, 4.69) is 0 Å². The fraction of sp³-hybridized carbons (Fsp3) is 0.556. The first kappa shape index (κ1) is 10.1. The summed E-state index contributed by atoms with van der Waals surface area (Å²) in [6, 6.07) is 0. The molecule has 11 heavy (non-hydrogen) atoms. The number of ketones is 2. The molecule has 0 amide bonds. The summed E-state index contributed by atoms with van der Waals surface area (Å²) in [5.41, 5.74) is 0. The summed E-state index contributed by atoms with van der Waals surface area (Å²) in [7, 11) is 0. The number of hydrogen-bond donors (Lipinski definition) is 0. The van der Waals surface area contributed by atoms with E-state index in [0.717, 1.165) is 6.42 Å². The van der Waals surface area contributed by atoms with Crippen LogP contribution in [0.1, 0.15) is 33.1 Å². The molecule has 0 aliphatic rings. The third-order valence-electron chi connectivity index (χ3n) is 1.21. The summed E-state index contributed by atoms with van der Waals surface area (Å²) < 4.78 is 0. The van der Waals surface area contributed by atoms with Gasteiger partial charge in [-0.3, -0.25) is 9.59 Å². The van der Waals surface area contributed by atoms with E-state index in [4.69, 9.17) is 0 Å². The second-order valence-electron chi connectivity index (χ2n) is 2.52. The predicted octanol–water partition coefficient (Wildman–Crippen LogP) is 1.89. The smallest absolute Gasteiger partial charge is 0.155 e. The minimum absolute atomic E-state index is 0.0885. The molecule has 0 bridgehead atoms. The maximum Gasteiger partial charge on any atom is 0.155 e. The van der Waals surface area contributed by atoms with Gasteiger partial charge in [0.2, 0.25) is 0 Å². The average molecular weight is 154 g/mol. The molecular weight excluding hydrogens is 140 g/mol. The summed E-state index contributed by atoms with van der Waals surface area (Å²) >= 11 is 0. The van der Waals surface area contributed by atoms with Crippen LogP contribution in [0.5, 0.6) is 0 Å². The van der Waals surface area contributed by atoms with Crippen molar-refractivity contribution in [3.63, 3.8) is 0 Å². The van der Waals surface area contributed by atoms with Gasteiger partial charge in [-0.25, -0.2) is 0 Å². The molecule has 0 saturated heterocycles. The summed E-state index contributed by atoms with van der Waals surface area (Å²) in [4.78, 5) is 21.2. The molecular formula is C9H14O2. The third kappa shape index (κ3) is 6.97. The Kier molecular flexibility index (Phi) is 5.35. The highest BCUT2D eigenvalue weighted by atomic mass is 16.1. The zero-order valence-electron chi connectivity index (χ0n) is 7.09. The number of Topliss-reactive ketones (excluding diaryl/α,β-unsaturated/α-hetero) is 1. The number of allylic oxidation sites excluding steroid dienone is 2. The lowest BCUT2D eigenvalue weighted by molar-refractivity contribution is -0.116. The van der Waals surface area contributed by atoms with E-state index in [0.29, 0.717) is 12.8 Å². The SMILES string of the molecule is CCCC(=O)C=CCC(C)=O. The van der Waals surface area contributed by atoms with Gasteiger partial charge in [0, 0.05) is 12.8 Å². The third-order valence-corrected chi connectivity index (χ3v) is 1.21. The van der Waals surface area contributed by atoms with E-state index < -0.39 is 0 Å². The van der Waals surface area contributed by atoms with Gasteiger partial charge in [0.05, 0.1) is 0 Å². The van der Waals surface area contributed by atoms with Crippen LogP contribution in [-0.4, -0.2) is 11.6 Å². The molecule has 0 N–H and O–H groups in total. The molecule has 0 aromatic carbocycles. The monoisotopic (exact) mass is 154 g/mol. The Morgan fingerprint density at radius 2 is 2.00 bits per heavy atom. The normalized spacial score (nSPS) is 10.4. The van der Waals surface area contributed by atoms with Crippen LogP contribution in [0.3, 0.4) is 0 Å². The molecule has 0 aliphatic heterocycles. The first-order valence-electron chi connectivity index (χ1n) is 3.85. The summed E-state index contributed by atoms with van der Waals surface area (Å²) in [5.74, 6) is 0.194. The van der Waals surface area contributed by atoms with Gasteiger partial charge in [-0.1, -0.05) is 13.0 Å². The Labute approximate surface area is 67.3 Å². The van der Waals surface area contributed by atoms with Crippen LogP contribution < -0.4 is 0 Å². The summed E-state index contributed by atoms with van der Waals surface area (Å²) in [6.07, 6.45) is 4.93. The number of carbonyl (C=O) groups is 2. The van der Waals surface area contributed by atoms with Gasteiger partial charge < -0.3 is 0 Å². The van der Waals surface area contributed by atoms with E-state index >= 15 is 0 Å². The van der Waals surface area contributed by atoms with Crippen molar-refractivity contribution in [2.75, 3.05) is 0 Å². The van der Waals surface area contributed by atoms with E-state index in [1.165, 1.54) is 13.0 Å². The Hall–Kier alpha value is -0.920. The predicted molar refractivity (Wildman–Crippen MR) is 44.4 cm³/mol. The molecule has 0 atom stereocenters. The maximum absolute atomic E-state index is 10.8. The van der Waals surface area contributed by atoms with Gasteiger partial charge in [0.1, 0.15) is 5.78 Å². The lowest BCUT2D eigenvalue weighted by Gasteiger charge is -1.87. The topological polar surface area (TPSA) is 34.1 Å². The van der Waals surface area contributed by atoms with E-state index in [1.54, 1.807) is 6.08 Å². The highest BCUT2D eigenvalue weighted by Gasteiger charge is 1.92. The molecule has 0 unspecified atom stereocenters. The molecule has 0 heterocycles. The number of carbonyl (C=O) groups excluding carboxylic acids is 2. The van der Waals surface area contributed by atoms with Gasteiger partial charge in [0.25, 0.3) is 0 Å². The van der Waals surface area contributed by atoms with Crippen molar-refractivity contribution < 1.29 is 9.59 Å². The first-order chi connectivity index (χ1) is 5.16. The van der Waals surface area contributed by atoms with Gasteiger partial charge in [-0.2, -0.15) is 0 Å². The first-order valence-corrected chi connectivity index (χ1v) is 3.85. The molecule has 0 spiro atoms. The Morgan fingerprint density at radius 3 is 2.45 bits per heavy atom. The molecule has 0 aromatic heterocycles. The minimum atomic E-state index is 0.0885. The second-order valence-corrected chi connectivity index (χ2v) is 2.52. The van der Waals surface area contributed by atoms with Crippen molar-refractivity contribution >= 4 is 11.6 Å². The number of rotatable bonds is 5. The molecule has 0 saturated carbocycles. The van der Waals surface area contributed by atoms with Gasteiger partial charge >= 0.3 is 0 Å². The lowest BCUT2D eigenvalue weighted by atomic mass is 10.2. The fourth-order valence-electron chi connectivity index (χ4n) is 0.686. The van der Waals surface area contributed by atoms with Crippen LogP contribution in [0.4, 0.5) is 0 Å². The van der Waals surface area contributed by atoms with Crippen LogP contribution in [0.15, 0.2) is 12.2 Å². The van der Waals surface area contributed by atoms with Crippen molar-refractivity contribution in [3.8, 4) is 0 Å². The molecule has 2 nitrogen and oxygen atoms in total. The Bertz CT molecular complexity index is 168. The van der Waals surface area contributed by atoms with Gasteiger partial charge in [0.15, 0.2) is 5.78 Å². The van der Waals surface area contributed by atoms with Crippen molar-refractivity contribution in [3.05, 3.63) is 12.2 Å². The van der Waals surface area contributed by atoms with Crippen LogP contribution in [0.2, 0.25) is 0 Å². The molecule has 62 valence electrons. The second kappa shape index (κ2) is 5.83. The van der Waals surface area contributed by atoms with Crippen molar-refractivity contribution in [2.24, 2.45) is 0 Å². The van der Waals surface area contributed by atoms with Crippen LogP contribution >= 0.6 is 0 Å². The molecule has 0 aromatic rings. The van der Waals surface area contributed by atoms with Crippen LogP contribution in [0.25, 0.3) is 0 Å². The minimum Gasteiger partial charge on any atom is -0.300 e. The molecule has 0 aliphatic carbocycles. The van der Waals surface area contributed by atoms with Crippen molar-refractivity contribution in [1.29, 1.82) is 0 Å². The molecule has 0 radical (unpaired) electrons. The van der Waals surface area contributed by atoms with Crippen LogP contribution in [-0.2, 0) is 9.59 Å². The lowest BCUT2D eigenvalue weighted by Crippen LogP contribution is -1.91. The summed E-state index contributed by atoms with van der Waals surface area (Å²) in [6.45, 7) is 3.46. The van der Waals surface area contributed by atoms with E-state index in [-0.39, 0.29) is 11.6 Å². The Balaban J connectivity index is 3.56. The maximum atomic E-state index is 10.8. The van der Waals surface area contributed by atoms with Gasteiger partial charge in [-0.15, -0.1) is 0 Å². The largest absolute Gasteiger partial charge is 0.300 e. The van der Waals surface area contributed by atoms with Gasteiger partial charge in [-0.05, 0) is 19.4 Å². The molecule has 2 heteroatoms. The molecule has 0 fully saturated rings.